The van der Waals surface area contributed by atoms with Gasteiger partial charge in [0.1, 0.15) is 5.78 Å². The molecular weight excluding hydrogens is 296 g/mol. The van der Waals surface area contributed by atoms with Gasteiger partial charge in [-0.15, -0.1) is 0 Å². The van der Waals surface area contributed by atoms with Crippen LogP contribution >= 0.6 is 0 Å². The summed E-state index contributed by atoms with van der Waals surface area (Å²) >= 11 is 0. The van der Waals surface area contributed by atoms with Crippen LogP contribution in [-0.2, 0) is 9.53 Å². The van der Waals surface area contributed by atoms with Crippen LogP contribution in [0.1, 0.15) is 117 Å². The number of unbranched alkanes of at least 4 members (excludes halogenated alkanes) is 14. The van der Waals surface area contributed by atoms with E-state index in [1.54, 1.807) is 6.92 Å². The molecule has 1 radical (unpaired) electrons. The smallest absolute Gasteiger partial charge is 0.129 e. The highest BCUT2D eigenvalue weighted by Gasteiger charge is 1.96. The molecule has 2 heteroatoms. The molecule has 0 spiro atoms. The summed E-state index contributed by atoms with van der Waals surface area (Å²) in [5.74, 6) is 0.342. The molecule has 0 aliphatic rings. The van der Waals surface area contributed by atoms with E-state index in [2.05, 4.69) is 13.3 Å². The standard InChI is InChI=1S/C22H43O2/c1-3-4-20-24-21-18-16-14-12-10-8-6-5-7-9-11-13-15-17-19-22(2)23/h4H,3,5-21H2,1-2H3. The molecule has 143 valence electrons. The second-order valence-electron chi connectivity index (χ2n) is 7.17. The van der Waals surface area contributed by atoms with E-state index in [0.29, 0.717) is 5.78 Å². The van der Waals surface area contributed by atoms with E-state index in [0.717, 1.165) is 32.5 Å². The molecule has 0 saturated carbocycles. The molecule has 0 fully saturated rings. The molecule has 0 unspecified atom stereocenters. The molecule has 0 aromatic heterocycles. The number of ketones is 1. The van der Waals surface area contributed by atoms with Crippen LogP contribution in [-0.4, -0.2) is 19.0 Å². The second kappa shape index (κ2) is 20.7. The van der Waals surface area contributed by atoms with Crippen molar-refractivity contribution in [2.75, 3.05) is 13.2 Å². The second-order valence-corrected chi connectivity index (χ2v) is 7.17. The summed E-state index contributed by atoms with van der Waals surface area (Å²) in [6.45, 7) is 5.62. The van der Waals surface area contributed by atoms with Crippen molar-refractivity contribution in [3.05, 3.63) is 6.42 Å². The van der Waals surface area contributed by atoms with Gasteiger partial charge < -0.3 is 9.53 Å². The molecule has 0 aliphatic heterocycles. The van der Waals surface area contributed by atoms with Crippen molar-refractivity contribution in [2.45, 2.75) is 117 Å². The van der Waals surface area contributed by atoms with Crippen molar-refractivity contribution in [1.82, 2.24) is 0 Å². The lowest BCUT2D eigenvalue weighted by molar-refractivity contribution is -0.117. The third-order valence-electron chi connectivity index (χ3n) is 4.59. The van der Waals surface area contributed by atoms with Gasteiger partial charge in [-0.05, 0) is 26.2 Å². The predicted molar refractivity (Wildman–Crippen MR) is 105 cm³/mol. The van der Waals surface area contributed by atoms with Gasteiger partial charge in [-0.2, -0.15) is 0 Å². The maximum absolute atomic E-state index is 10.8. The topological polar surface area (TPSA) is 26.3 Å². The Kier molecular flexibility index (Phi) is 20.4. The van der Waals surface area contributed by atoms with Crippen LogP contribution in [0.2, 0.25) is 0 Å². The SMILES string of the molecule is CC[CH]COCCCCCCCCCCCCCCCCC(C)=O. The fraction of sp³-hybridized carbons (Fsp3) is 0.909. The Morgan fingerprint density at radius 3 is 1.54 bits per heavy atom. The maximum Gasteiger partial charge on any atom is 0.129 e. The van der Waals surface area contributed by atoms with Crippen LogP contribution in [0.5, 0.6) is 0 Å². The normalized spacial score (nSPS) is 11.1. The van der Waals surface area contributed by atoms with E-state index in [1.807, 2.05) is 0 Å². The van der Waals surface area contributed by atoms with Crippen LogP contribution in [0.4, 0.5) is 0 Å². The van der Waals surface area contributed by atoms with Crippen LogP contribution in [0.25, 0.3) is 0 Å². The molecule has 0 heterocycles. The lowest BCUT2D eigenvalue weighted by atomic mass is 10.0. The maximum atomic E-state index is 10.8. The van der Waals surface area contributed by atoms with Crippen molar-refractivity contribution < 1.29 is 9.53 Å². The molecule has 0 N–H and O–H groups in total. The first kappa shape index (κ1) is 23.6. The van der Waals surface area contributed by atoms with Gasteiger partial charge in [0, 0.05) is 19.6 Å². The lowest BCUT2D eigenvalue weighted by Crippen LogP contribution is -1.96. The number of carbonyl (C=O) groups is 1. The predicted octanol–water partition coefficient (Wildman–Crippen LogP) is 7.06. The van der Waals surface area contributed by atoms with Gasteiger partial charge in [0.05, 0.1) is 0 Å². The molecule has 0 aliphatic carbocycles. The minimum atomic E-state index is 0.342. The third kappa shape index (κ3) is 21.6. The Bertz CT molecular complexity index is 250. The number of Topliss-reactive ketones (excluding diaryl/α,β-unsaturated/α-hetero) is 1. The first-order chi connectivity index (χ1) is 11.8. The quantitative estimate of drug-likeness (QED) is 0.222. The lowest BCUT2D eigenvalue weighted by Gasteiger charge is -2.04. The van der Waals surface area contributed by atoms with Crippen LogP contribution in [0.15, 0.2) is 0 Å². The Morgan fingerprint density at radius 1 is 0.708 bits per heavy atom. The minimum Gasteiger partial charge on any atom is -0.381 e. The van der Waals surface area contributed by atoms with E-state index in [1.165, 1.54) is 83.5 Å². The highest BCUT2D eigenvalue weighted by atomic mass is 16.5. The largest absolute Gasteiger partial charge is 0.381 e. The monoisotopic (exact) mass is 339 g/mol. The number of rotatable bonds is 20. The van der Waals surface area contributed by atoms with Crippen molar-refractivity contribution in [1.29, 1.82) is 0 Å². The van der Waals surface area contributed by atoms with E-state index < -0.39 is 0 Å². The van der Waals surface area contributed by atoms with Crippen LogP contribution in [0.3, 0.4) is 0 Å². The van der Waals surface area contributed by atoms with Crippen LogP contribution < -0.4 is 0 Å². The molecule has 0 aromatic rings. The summed E-state index contributed by atoms with van der Waals surface area (Å²) in [7, 11) is 0. The third-order valence-corrected chi connectivity index (χ3v) is 4.59. The fourth-order valence-corrected chi connectivity index (χ4v) is 2.98. The number of hydrogen-bond donors (Lipinski definition) is 0. The molecule has 0 bridgehead atoms. The van der Waals surface area contributed by atoms with Crippen molar-refractivity contribution in [2.24, 2.45) is 0 Å². The molecule has 0 amide bonds. The minimum absolute atomic E-state index is 0.342. The molecule has 0 rings (SSSR count). The van der Waals surface area contributed by atoms with Gasteiger partial charge in [-0.3, -0.25) is 0 Å². The summed E-state index contributed by atoms with van der Waals surface area (Å²) in [5.41, 5.74) is 0. The summed E-state index contributed by atoms with van der Waals surface area (Å²) < 4.78 is 5.53. The number of hydrogen-bond acceptors (Lipinski definition) is 2. The number of carbonyl (C=O) groups excluding carboxylic acids is 1. The first-order valence-electron chi connectivity index (χ1n) is 10.7. The molecule has 2 nitrogen and oxygen atoms in total. The Balaban J connectivity index is 2.97. The van der Waals surface area contributed by atoms with Crippen molar-refractivity contribution >= 4 is 5.78 Å². The highest BCUT2D eigenvalue weighted by Crippen LogP contribution is 2.13. The highest BCUT2D eigenvalue weighted by molar-refractivity contribution is 5.75. The summed E-state index contributed by atoms with van der Waals surface area (Å²) in [4.78, 5) is 10.8. The van der Waals surface area contributed by atoms with E-state index in [9.17, 15) is 4.79 Å². The Hall–Kier alpha value is -0.370. The average molecular weight is 340 g/mol. The van der Waals surface area contributed by atoms with Gasteiger partial charge >= 0.3 is 0 Å². The zero-order valence-corrected chi connectivity index (χ0v) is 16.6. The Morgan fingerprint density at radius 2 is 1.12 bits per heavy atom. The van der Waals surface area contributed by atoms with Gasteiger partial charge in [0.25, 0.3) is 0 Å². The van der Waals surface area contributed by atoms with Gasteiger partial charge in [-0.1, -0.05) is 90.4 Å². The molecular formula is C22H43O2. The summed E-state index contributed by atoms with van der Waals surface area (Å²) in [6.07, 6.45) is 22.9. The van der Waals surface area contributed by atoms with Crippen LogP contribution in [0, 0.1) is 6.42 Å². The molecule has 24 heavy (non-hydrogen) atoms. The molecule has 0 aromatic carbocycles. The van der Waals surface area contributed by atoms with Gasteiger partial charge in [0.15, 0.2) is 0 Å². The zero-order chi connectivity index (χ0) is 17.7. The van der Waals surface area contributed by atoms with Crippen molar-refractivity contribution in [3.63, 3.8) is 0 Å². The average Bonchev–Trinajstić information content (AvgIpc) is 2.56. The Labute approximate surface area is 152 Å². The van der Waals surface area contributed by atoms with E-state index in [4.69, 9.17) is 4.74 Å². The van der Waals surface area contributed by atoms with E-state index >= 15 is 0 Å². The summed E-state index contributed by atoms with van der Waals surface area (Å²) in [6, 6.07) is 0. The molecule has 0 atom stereocenters. The molecule has 0 saturated heterocycles. The fourth-order valence-electron chi connectivity index (χ4n) is 2.98. The van der Waals surface area contributed by atoms with Crippen molar-refractivity contribution in [3.8, 4) is 0 Å². The summed E-state index contributed by atoms with van der Waals surface area (Å²) in [5, 5.41) is 0. The van der Waals surface area contributed by atoms with Gasteiger partial charge in [-0.25, -0.2) is 0 Å². The van der Waals surface area contributed by atoms with Gasteiger partial charge in [0.2, 0.25) is 0 Å². The zero-order valence-electron chi connectivity index (χ0n) is 16.6. The number of ether oxygens (including phenoxy) is 1. The first-order valence-corrected chi connectivity index (χ1v) is 10.7. The van der Waals surface area contributed by atoms with E-state index in [-0.39, 0.29) is 0 Å².